The second-order valence-corrected chi connectivity index (χ2v) is 11.9. The number of azo groups is 2. The Bertz CT molecular complexity index is 2240. The molecular formula is C43H36N4O4. The Morgan fingerprint density at radius 1 is 0.471 bits per heavy atom. The van der Waals surface area contributed by atoms with Crippen molar-refractivity contribution in [2.24, 2.45) is 20.5 Å². The van der Waals surface area contributed by atoms with Crippen molar-refractivity contribution in [2.45, 2.75) is 19.8 Å². The van der Waals surface area contributed by atoms with Crippen molar-refractivity contribution < 1.29 is 19.7 Å². The van der Waals surface area contributed by atoms with E-state index >= 15 is 0 Å². The van der Waals surface area contributed by atoms with E-state index in [1.807, 2.05) is 129 Å². The number of benzene rings is 7. The first-order valence-corrected chi connectivity index (χ1v) is 16.9. The van der Waals surface area contributed by atoms with Crippen molar-refractivity contribution >= 4 is 44.3 Å². The molecule has 0 unspecified atom stereocenters. The monoisotopic (exact) mass is 672 g/mol. The van der Waals surface area contributed by atoms with Gasteiger partial charge in [-0.15, -0.1) is 20.5 Å². The van der Waals surface area contributed by atoms with Crippen LogP contribution in [-0.2, 0) is 0 Å². The summed E-state index contributed by atoms with van der Waals surface area (Å²) in [5.74, 6) is 1.07. The minimum atomic E-state index is -0.189. The van der Waals surface area contributed by atoms with Crippen molar-refractivity contribution in [1.29, 1.82) is 0 Å². The van der Waals surface area contributed by atoms with E-state index in [1.54, 1.807) is 12.1 Å². The number of phenols is 2. The van der Waals surface area contributed by atoms with E-state index < -0.39 is 0 Å². The molecule has 51 heavy (non-hydrogen) atoms. The third-order valence-corrected chi connectivity index (χ3v) is 8.64. The largest absolute Gasteiger partial charge is 0.506 e. The summed E-state index contributed by atoms with van der Waals surface area (Å²) in [4.78, 5) is 0. The highest BCUT2D eigenvalue weighted by molar-refractivity contribution is 5.96. The molecule has 0 aliphatic heterocycles. The van der Waals surface area contributed by atoms with Gasteiger partial charge in [0.25, 0.3) is 0 Å². The predicted octanol–water partition coefficient (Wildman–Crippen LogP) is 12.2. The lowest BCUT2D eigenvalue weighted by atomic mass is 9.84. The molecule has 0 aliphatic rings. The zero-order valence-electron chi connectivity index (χ0n) is 28.3. The number of phenolic OH excluding ortho intramolecular Hbond substituents is 2. The Morgan fingerprint density at radius 3 is 1.39 bits per heavy atom. The number of hydrogen-bond donors (Lipinski definition) is 2. The van der Waals surface area contributed by atoms with Crippen LogP contribution >= 0.6 is 0 Å². The lowest BCUT2D eigenvalue weighted by Gasteiger charge is -2.21. The molecule has 0 spiro atoms. The molecule has 2 N–H and O–H groups in total. The van der Waals surface area contributed by atoms with Gasteiger partial charge < -0.3 is 19.7 Å². The zero-order chi connectivity index (χ0) is 35.2. The maximum atomic E-state index is 10.6. The fourth-order valence-corrected chi connectivity index (χ4v) is 6.26. The molecule has 0 amide bonds. The molecule has 8 heteroatoms. The summed E-state index contributed by atoms with van der Waals surface area (Å²) in [6, 6.07) is 44.5. The first kappa shape index (κ1) is 33.0. The Morgan fingerprint density at radius 2 is 0.922 bits per heavy atom. The number of hydrogen-bond acceptors (Lipinski definition) is 8. The van der Waals surface area contributed by atoms with Crippen molar-refractivity contribution in [2.75, 3.05) is 13.2 Å². The summed E-state index contributed by atoms with van der Waals surface area (Å²) in [6.45, 7) is 4.72. The highest BCUT2D eigenvalue weighted by Gasteiger charge is 2.21. The fraction of sp³-hybridized carbons (Fsp3) is 0.116. The second-order valence-electron chi connectivity index (χ2n) is 11.9. The van der Waals surface area contributed by atoms with Crippen LogP contribution < -0.4 is 9.47 Å². The molecule has 0 atom stereocenters. The molecule has 8 nitrogen and oxygen atoms in total. The lowest BCUT2D eigenvalue weighted by molar-refractivity contribution is 0.340. The van der Waals surface area contributed by atoms with Crippen molar-refractivity contribution in [3.8, 4) is 23.0 Å². The highest BCUT2D eigenvalue weighted by atomic mass is 16.5. The van der Waals surface area contributed by atoms with Crippen LogP contribution in [-0.4, -0.2) is 23.4 Å². The van der Waals surface area contributed by atoms with E-state index in [-0.39, 0.29) is 17.4 Å². The molecular weight excluding hydrogens is 636 g/mol. The zero-order valence-corrected chi connectivity index (χ0v) is 28.3. The summed E-state index contributed by atoms with van der Waals surface area (Å²) in [6.07, 6.45) is 0. The Labute approximate surface area is 296 Å². The van der Waals surface area contributed by atoms with E-state index in [9.17, 15) is 10.2 Å². The van der Waals surface area contributed by atoms with E-state index in [1.165, 1.54) is 0 Å². The summed E-state index contributed by atoms with van der Waals surface area (Å²) >= 11 is 0. The van der Waals surface area contributed by atoms with Crippen LogP contribution in [0.3, 0.4) is 0 Å². The van der Waals surface area contributed by atoms with E-state index in [2.05, 4.69) is 32.6 Å². The molecule has 0 aromatic heterocycles. The molecule has 0 bridgehead atoms. The van der Waals surface area contributed by atoms with Gasteiger partial charge in [-0.05, 0) is 77.7 Å². The number of nitrogens with zero attached hydrogens (tertiary/aromatic N) is 4. The molecule has 7 aromatic rings. The van der Waals surface area contributed by atoms with E-state index in [0.29, 0.717) is 47.5 Å². The molecule has 252 valence electrons. The standard InChI is InChI=1S/C43H36N4O4/c1-3-50-39-26-31(18-22-35(39)44-46-42-33-16-10-8-12-28(33)20-24-37(42)48)41(30-14-6-5-7-15-30)32-19-23-36(40(27-32)51-4-2)45-47-43-34-17-11-9-13-29(34)21-25-38(43)49/h5-27,41,48-49H,3-4H2,1-2H3. The Kier molecular flexibility index (Phi) is 9.65. The molecule has 0 radical (unpaired) electrons. The van der Waals surface area contributed by atoms with E-state index in [0.717, 1.165) is 38.2 Å². The topological polar surface area (TPSA) is 108 Å². The first-order chi connectivity index (χ1) is 25.0. The van der Waals surface area contributed by atoms with Gasteiger partial charge in [-0.3, -0.25) is 0 Å². The van der Waals surface area contributed by atoms with Crippen LogP contribution in [0.15, 0.2) is 160 Å². The van der Waals surface area contributed by atoms with Crippen LogP contribution in [0.25, 0.3) is 21.5 Å². The highest BCUT2D eigenvalue weighted by Crippen LogP contribution is 2.43. The molecule has 0 saturated carbocycles. The minimum absolute atomic E-state index is 0.0539. The van der Waals surface area contributed by atoms with Gasteiger partial charge >= 0.3 is 0 Å². The van der Waals surface area contributed by atoms with Crippen LogP contribution in [0.2, 0.25) is 0 Å². The summed E-state index contributed by atoms with van der Waals surface area (Å²) < 4.78 is 12.2. The van der Waals surface area contributed by atoms with Crippen molar-refractivity contribution in [3.63, 3.8) is 0 Å². The number of aromatic hydroxyl groups is 2. The van der Waals surface area contributed by atoms with Crippen LogP contribution in [0.5, 0.6) is 23.0 Å². The normalized spacial score (nSPS) is 12.2. The lowest BCUT2D eigenvalue weighted by Crippen LogP contribution is -2.05. The fourth-order valence-electron chi connectivity index (χ4n) is 6.26. The van der Waals surface area contributed by atoms with Crippen molar-refractivity contribution in [1.82, 2.24) is 0 Å². The SMILES string of the molecule is CCOc1cc(C(c2ccccc2)c2ccc(N=Nc3c(O)ccc4ccccc34)c(OCC)c2)ccc1N=Nc1c(O)ccc2ccccc12. The molecule has 0 aliphatic carbocycles. The third kappa shape index (κ3) is 6.98. The molecule has 7 rings (SSSR count). The van der Waals surface area contributed by atoms with Gasteiger partial charge in [-0.2, -0.15) is 0 Å². The minimum Gasteiger partial charge on any atom is -0.506 e. The Balaban J connectivity index is 1.28. The maximum Gasteiger partial charge on any atom is 0.147 e. The van der Waals surface area contributed by atoms with Crippen LogP contribution in [0.4, 0.5) is 22.7 Å². The van der Waals surface area contributed by atoms with Gasteiger partial charge in [0.1, 0.15) is 45.7 Å². The summed E-state index contributed by atoms with van der Waals surface area (Å²) in [5, 5.41) is 42.9. The van der Waals surface area contributed by atoms with Gasteiger partial charge in [-0.1, -0.05) is 103 Å². The van der Waals surface area contributed by atoms with E-state index in [4.69, 9.17) is 9.47 Å². The number of fused-ring (bicyclic) bond motifs is 2. The molecule has 0 saturated heterocycles. The summed E-state index contributed by atoms with van der Waals surface area (Å²) in [5.41, 5.74) is 4.93. The van der Waals surface area contributed by atoms with Crippen molar-refractivity contribution in [3.05, 3.63) is 156 Å². The van der Waals surface area contributed by atoms with Gasteiger partial charge in [0, 0.05) is 16.7 Å². The average Bonchev–Trinajstić information content (AvgIpc) is 3.16. The van der Waals surface area contributed by atoms with Gasteiger partial charge in [0.05, 0.1) is 13.2 Å². The smallest absolute Gasteiger partial charge is 0.147 e. The van der Waals surface area contributed by atoms with Gasteiger partial charge in [0.2, 0.25) is 0 Å². The third-order valence-electron chi connectivity index (χ3n) is 8.64. The van der Waals surface area contributed by atoms with Gasteiger partial charge in [0.15, 0.2) is 0 Å². The van der Waals surface area contributed by atoms with Gasteiger partial charge in [-0.25, -0.2) is 0 Å². The van der Waals surface area contributed by atoms with Crippen LogP contribution in [0.1, 0.15) is 36.5 Å². The molecule has 0 fully saturated rings. The number of rotatable bonds is 11. The second kappa shape index (κ2) is 14.9. The maximum absolute atomic E-state index is 10.6. The summed E-state index contributed by atoms with van der Waals surface area (Å²) in [7, 11) is 0. The first-order valence-electron chi connectivity index (χ1n) is 16.9. The number of ether oxygens (including phenoxy) is 2. The quantitative estimate of drug-likeness (QED) is 0.105. The predicted molar refractivity (Wildman–Crippen MR) is 202 cm³/mol. The molecule has 0 heterocycles. The molecule has 7 aromatic carbocycles. The Hall–Kier alpha value is -6.54. The average molecular weight is 673 g/mol. The van der Waals surface area contributed by atoms with Crippen LogP contribution in [0, 0.1) is 0 Å².